The summed E-state index contributed by atoms with van der Waals surface area (Å²) in [6.07, 6.45) is 2.05. The van der Waals surface area contributed by atoms with E-state index in [4.69, 9.17) is 5.26 Å². The van der Waals surface area contributed by atoms with Crippen molar-refractivity contribution in [1.29, 1.82) is 5.26 Å². The van der Waals surface area contributed by atoms with Crippen LogP contribution in [0.15, 0.2) is 24.4 Å². The van der Waals surface area contributed by atoms with Crippen LogP contribution in [0.25, 0.3) is 5.69 Å². The van der Waals surface area contributed by atoms with Gasteiger partial charge in [-0.15, -0.1) is 0 Å². The highest BCUT2D eigenvalue weighted by molar-refractivity contribution is 5.76. The summed E-state index contributed by atoms with van der Waals surface area (Å²) in [5.74, 6) is -0.552. The second-order valence-electron chi connectivity index (χ2n) is 3.48. The van der Waals surface area contributed by atoms with Gasteiger partial charge in [-0.2, -0.15) is 10.4 Å². The molecule has 0 saturated heterocycles. The molecule has 0 bridgehead atoms. The number of nitrogens with zero attached hydrogens (tertiary/aromatic N) is 3. The second kappa shape index (κ2) is 4.18. The van der Waals surface area contributed by atoms with Crippen LogP contribution in [0.1, 0.15) is 21.6 Å². The fourth-order valence-electron chi connectivity index (χ4n) is 1.54. The number of hydrogen-bond donors (Lipinski definition) is 0. The zero-order valence-electron chi connectivity index (χ0n) is 9.01. The van der Waals surface area contributed by atoms with Gasteiger partial charge in [0.25, 0.3) is 0 Å². The number of carbonyl (C=O) groups is 1. The molecule has 1 aromatic heterocycles. The predicted molar refractivity (Wildman–Crippen MR) is 58.4 cm³/mol. The van der Waals surface area contributed by atoms with Gasteiger partial charge in [0.2, 0.25) is 0 Å². The smallest absolute Gasteiger partial charge is 0.153 e. The van der Waals surface area contributed by atoms with Gasteiger partial charge >= 0.3 is 0 Å². The molecule has 0 fully saturated rings. The Labute approximate surface area is 96.9 Å². The first kappa shape index (κ1) is 11.0. The Morgan fingerprint density at radius 2 is 2.29 bits per heavy atom. The molecule has 0 aliphatic rings. The molecule has 84 valence electrons. The molecule has 1 aromatic carbocycles. The Kier molecular flexibility index (Phi) is 2.71. The summed E-state index contributed by atoms with van der Waals surface area (Å²) >= 11 is 0. The lowest BCUT2D eigenvalue weighted by Gasteiger charge is -2.04. The van der Waals surface area contributed by atoms with Crippen molar-refractivity contribution < 1.29 is 9.18 Å². The molecule has 2 rings (SSSR count). The van der Waals surface area contributed by atoms with E-state index in [-0.39, 0.29) is 11.3 Å². The Morgan fingerprint density at radius 1 is 1.53 bits per heavy atom. The molecule has 0 aliphatic heterocycles. The number of aromatic nitrogens is 2. The minimum atomic E-state index is -0.552. The SMILES string of the molecule is Cc1nn(-c2c(F)cccc2C#N)cc1C=O. The van der Waals surface area contributed by atoms with Gasteiger partial charge in [-0.05, 0) is 19.1 Å². The van der Waals surface area contributed by atoms with Crippen molar-refractivity contribution in [3.05, 3.63) is 47.0 Å². The van der Waals surface area contributed by atoms with Crippen molar-refractivity contribution in [2.75, 3.05) is 0 Å². The van der Waals surface area contributed by atoms with E-state index in [2.05, 4.69) is 5.10 Å². The third-order valence-corrected chi connectivity index (χ3v) is 2.40. The van der Waals surface area contributed by atoms with Crippen LogP contribution in [0.2, 0.25) is 0 Å². The third kappa shape index (κ3) is 1.81. The van der Waals surface area contributed by atoms with Crippen LogP contribution in [-0.4, -0.2) is 16.1 Å². The van der Waals surface area contributed by atoms with Gasteiger partial charge in [-0.3, -0.25) is 4.79 Å². The van der Waals surface area contributed by atoms with E-state index in [1.165, 1.54) is 29.1 Å². The van der Waals surface area contributed by atoms with E-state index in [9.17, 15) is 9.18 Å². The van der Waals surface area contributed by atoms with Crippen molar-refractivity contribution in [1.82, 2.24) is 9.78 Å². The highest BCUT2D eigenvalue weighted by Crippen LogP contribution is 2.18. The molecular formula is C12H8FN3O. The molecule has 2 aromatic rings. The quantitative estimate of drug-likeness (QED) is 0.740. The number of rotatable bonds is 2. The lowest BCUT2D eigenvalue weighted by molar-refractivity contribution is 0.112. The van der Waals surface area contributed by atoms with E-state index in [1.807, 2.05) is 6.07 Å². The number of carbonyl (C=O) groups excluding carboxylic acids is 1. The van der Waals surface area contributed by atoms with Gasteiger partial charge in [-0.25, -0.2) is 9.07 Å². The molecule has 0 amide bonds. The summed E-state index contributed by atoms with van der Waals surface area (Å²) in [6, 6.07) is 6.09. The molecule has 0 spiro atoms. The van der Waals surface area contributed by atoms with Crippen molar-refractivity contribution in [3.8, 4) is 11.8 Å². The summed E-state index contributed by atoms with van der Waals surface area (Å²) in [6.45, 7) is 1.65. The number of halogens is 1. The van der Waals surface area contributed by atoms with Crippen LogP contribution in [0.5, 0.6) is 0 Å². The number of aldehydes is 1. The summed E-state index contributed by atoms with van der Waals surface area (Å²) in [4.78, 5) is 10.7. The monoisotopic (exact) mass is 229 g/mol. The van der Waals surface area contributed by atoms with Crippen molar-refractivity contribution >= 4 is 6.29 Å². The largest absolute Gasteiger partial charge is 0.298 e. The van der Waals surface area contributed by atoms with E-state index in [1.54, 1.807) is 6.92 Å². The second-order valence-corrected chi connectivity index (χ2v) is 3.48. The molecule has 0 aliphatic carbocycles. The standard InChI is InChI=1S/C12H8FN3O/c1-8-10(7-17)6-16(15-8)12-9(5-14)3-2-4-11(12)13/h2-4,6-7H,1H3. The van der Waals surface area contributed by atoms with Crippen LogP contribution in [0.4, 0.5) is 4.39 Å². The van der Waals surface area contributed by atoms with Gasteiger partial charge in [-0.1, -0.05) is 6.07 Å². The zero-order valence-corrected chi connectivity index (χ0v) is 9.01. The minimum Gasteiger partial charge on any atom is -0.298 e. The number of para-hydroxylation sites is 1. The van der Waals surface area contributed by atoms with Gasteiger partial charge in [0, 0.05) is 6.20 Å². The van der Waals surface area contributed by atoms with Gasteiger partial charge in [0.1, 0.15) is 17.6 Å². The molecule has 0 unspecified atom stereocenters. The van der Waals surface area contributed by atoms with E-state index in [0.717, 1.165) is 0 Å². The Morgan fingerprint density at radius 3 is 2.88 bits per heavy atom. The molecular weight excluding hydrogens is 221 g/mol. The van der Waals surface area contributed by atoms with Crippen LogP contribution >= 0.6 is 0 Å². The van der Waals surface area contributed by atoms with Gasteiger partial charge in [0.05, 0.1) is 16.8 Å². The zero-order chi connectivity index (χ0) is 12.4. The van der Waals surface area contributed by atoms with Crippen molar-refractivity contribution in [2.45, 2.75) is 6.92 Å². The highest BCUT2D eigenvalue weighted by atomic mass is 19.1. The average molecular weight is 229 g/mol. The topological polar surface area (TPSA) is 58.7 Å². The molecule has 0 radical (unpaired) electrons. The lowest BCUT2D eigenvalue weighted by atomic mass is 10.2. The van der Waals surface area contributed by atoms with Crippen LogP contribution in [0.3, 0.4) is 0 Å². The van der Waals surface area contributed by atoms with E-state index < -0.39 is 5.82 Å². The first-order valence-corrected chi connectivity index (χ1v) is 4.88. The fourth-order valence-corrected chi connectivity index (χ4v) is 1.54. The molecule has 4 nitrogen and oxygen atoms in total. The maximum Gasteiger partial charge on any atom is 0.153 e. The Hall–Kier alpha value is -2.48. The lowest BCUT2D eigenvalue weighted by Crippen LogP contribution is -2.01. The molecule has 0 N–H and O–H groups in total. The molecule has 17 heavy (non-hydrogen) atoms. The minimum absolute atomic E-state index is 0.0613. The summed E-state index contributed by atoms with van der Waals surface area (Å²) in [5, 5.41) is 12.9. The average Bonchev–Trinajstić information content (AvgIpc) is 2.69. The van der Waals surface area contributed by atoms with Crippen molar-refractivity contribution in [3.63, 3.8) is 0 Å². The number of nitriles is 1. The van der Waals surface area contributed by atoms with Gasteiger partial charge < -0.3 is 0 Å². The van der Waals surface area contributed by atoms with Crippen LogP contribution in [-0.2, 0) is 0 Å². The summed E-state index contributed by atoms with van der Waals surface area (Å²) < 4.78 is 14.9. The highest BCUT2D eigenvalue weighted by Gasteiger charge is 2.13. The Bertz CT molecular complexity index is 625. The molecule has 0 atom stereocenters. The first-order valence-electron chi connectivity index (χ1n) is 4.88. The van der Waals surface area contributed by atoms with E-state index >= 15 is 0 Å². The summed E-state index contributed by atoms with van der Waals surface area (Å²) in [7, 11) is 0. The first-order chi connectivity index (χ1) is 8.17. The van der Waals surface area contributed by atoms with Crippen LogP contribution in [0, 0.1) is 24.1 Å². The fraction of sp³-hybridized carbons (Fsp3) is 0.0833. The van der Waals surface area contributed by atoms with Crippen LogP contribution < -0.4 is 0 Å². The van der Waals surface area contributed by atoms with E-state index in [0.29, 0.717) is 17.5 Å². The Balaban J connectivity index is 2.68. The molecule has 0 saturated carbocycles. The summed E-state index contributed by atoms with van der Waals surface area (Å²) in [5.41, 5.74) is 1.10. The number of aryl methyl sites for hydroxylation is 1. The maximum atomic E-state index is 13.7. The predicted octanol–water partition coefficient (Wildman–Crippen LogP) is 2.00. The third-order valence-electron chi connectivity index (χ3n) is 2.40. The van der Waals surface area contributed by atoms with Gasteiger partial charge in [0.15, 0.2) is 6.29 Å². The maximum absolute atomic E-state index is 13.7. The molecule has 5 heteroatoms. The van der Waals surface area contributed by atoms with Crippen molar-refractivity contribution in [2.24, 2.45) is 0 Å². The normalized spacial score (nSPS) is 9.94. The molecule has 1 heterocycles. The number of hydrogen-bond acceptors (Lipinski definition) is 3. The number of benzene rings is 1.